The fourth-order valence-electron chi connectivity index (χ4n) is 3.92. The molecule has 1 amide bonds. The summed E-state index contributed by atoms with van der Waals surface area (Å²) in [6, 6.07) is 11.4. The van der Waals surface area contributed by atoms with E-state index >= 15 is 0 Å². The Morgan fingerprint density at radius 3 is 2.62 bits per heavy atom. The third-order valence-electron chi connectivity index (χ3n) is 5.43. The Kier molecular flexibility index (Phi) is 5.64. The molecule has 2 heterocycles. The molecule has 0 spiro atoms. The third kappa shape index (κ3) is 3.82. The number of nitrogens with zero attached hydrogens (tertiary/aromatic N) is 1. The van der Waals surface area contributed by atoms with Crippen molar-refractivity contribution in [1.82, 2.24) is 0 Å². The number of rotatable bonds is 5. The first-order valence-electron chi connectivity index (χ1n) is 9.99. The molecule has 1 N–H and O–H groups in total. The second-order valence-corrected chi connectivity index (χ2v) is 8.95. The zero-order valence-corrected chi connectivity index (χ0v) is 19.0. The molecule has 166 valence electrons. The van der Waals surface area contributed by atoms with E-state index in [0.29, 0.717) is 33.0 Å². The van der Waals surface area contributed by atoms with Crippen molar-refractivity contribution in [3.8, 4) is 16.9 Å². The highest BCUT2D eigenvalue weighted by Gasteiger charge is 2.38. The predicted molar refractivity (Wildman–Crippen MR) is 123 cm³/mol. The number of hydrogen-bond donors (Lipinski definition) is 1. The number of thiophene rings is 1. The Balaban J connectivity index is 1.85. The van der Waals surface area contributed by atoms with Crippen LogP contribution >= 0.6 is 11.3 Å². The van der Waals surface area contributed by atoms with Crippen molar-refractivity contribution < 1.29 is 23.5 Å². The summed E-state index contributed by atoms with van der Waals surface area (Å²) in [5.41, 5.74) is 2.49. The largest absolute Gasteiger partial charge is 0.496 e. The van der Waals surface area contributed by atoms with Crippen molar-refractivity contribution in [3.63, 3.8) is 0 Å². The molecule has 3 aromatic rings. The molecule has 1 aliphatic rings. The van der Waals surface area contributed by atoms with E-state index in [1.165, 1.54) is 30.6 Å². The van der Waals surface area contributed by atoms with Crippen molar-refractivity contribution in [1.29, 1.82) is 0 Å². The number of carbonyl (C=O) groups excluding carboxylic acids is 2. The average molecular weight is 455 g/mol. The maximum atomic E-state index is 13.8. The zero-order chi connectivity index (χ0) is 23.0. The fourth-order valence-corrected chi connectivity index (χ4v) is 4.54. The molecule has 4 rings (SSSR count). The molecule has 1 aromatic heterocycles. The van der Waals surface area contributed by atoms with Gasteiger partial charge in [-0.1, -0.05) is 12.1 Å². The lowest BCUT2D eigenvalue weighted by Crippen LogP contribution is -2.52. The number of amides is 1. The van der Waals surface area contributed by atoms with E-state index < -0.39 is 17.3 Å². The minimum absolute atomic E-state index is 0.0739. The first kappa shape index (κ1) is 21.8. The number of esters is 1. The standard InChI is InChI=1S/C24H23FN2O4S/c1-24(2)23(29)27(3)21-17(13-31-22(28)20-6-5-11-32-20)15(9-10-18(21)26-24)16-8-7-14(25)12-19(16)30-4/h5-12,26H,13H2,1-4H3. The van der Waals surface area contributed by atoms with Crippen LogP contribution in [0.25, 0.3) is 11.1 Å². The van der Waals surface area contributed by atoms with Crippen LogP contribution < -0.4 is 15.0 Å². The van der Waals surface area contributed by atoms with Crippen LogP contribution in [0, 0.1) is 5.82 Å². The van der Waals surface area contributed by atoms with E-state index in [1.807, 2.05) is 26.0 Å². The van der Waals surface area contributed by atoms with Crippen molar-refractivity contribution >= 4 is 34.6 Å². The number of halogens is 1. The summed E-state index contributed by atoms with van der Waals surface area (Å²) in [5.74, 6) is -0.662. The van der Waals surface area contributed by atoms with E-state index in [1.54, 1.807) is 35.5 Å². The number of likely N-dealkylation sites (N-methyl/N-ethyl adjacent to an activating group) is 1. The van der Waals surface area contributed by atoms with Gasteiger partial charge in [-0.2, -0.15) is 0 Å². The zero-order valence-electron chi connectivity index (χ0n) is 18.2. The van der Waals surface area contributed by atoms with Gasteiger partial charge in [-0.25, -0.2) is 9.18 Å². The fraction of sp³-hybridized carbons (Fsp3) is 0.250. The SMILES string of the molecule is COc1cc(F)ccc1-c1ccc2c(c1COC(=O)c1cccs1)N(C)C(=O)C(C)(C)N2. The van der Waals surface area contributed by atoms with Gasteiger partial charge in [0.15, 0.2) is 0 Å². The first-order chi connectivity index (χ1) is 15.2. The quantitative estimate of drug-likeness (QED) is 0.544. The number of ether oxygens (including phenoxy) is 2. The second-order valence-electron chi connectivity index (χ2n) is 8.00. The van der Waals surface area contributed by atoms with Crippen LogP contribution in [-0.2, 0) is 16.1 Å². The lowest BCUT2D eigenvalue weighted by atomic mass is 9.92. The minimum Gasteiger partial charge on any atom is -0.496 e. The average Bonchev–Trinajstić information content (AvgIpc) is 3.30. The summed E-state index contributed by atoms with van der Waals surface area (Å²) in [5, 5.41) is 5.07. The number of anilines is 2. The second kappa shape index (κ2) is 8.27. The van der Waals surface area contributed by atoms with Crippen LogP contribution in [-0.4, -0.2) is 31.6 Å². The van der Waals surface area contributed by atoms with Crippen molar-refractivity contribution in [3.05, 3.63) is 64.1 Å². The van der Waals surface area contributed by atoms with Crippen molar-refractivity contribution in [2.45, 2.75) is 26.0 Å². The van der Waals surface area contributed by atoms with Crippen LogP contribution in [0.2, 0.25) is 0 Å². The highest BCUT2D eigenvalue weighted by molar-refractivity contribution is 7.11. The molecule has 0 atom stereocenters. The summed E-state index contributed by atoms with van der Waals surface area (Å²) in [7, 11) is 3.16. The summed E-state index contributed by atoms with van der Waals surface area (Å²) in [6.45, 7) is 3.54. The summed E-state index contributed by atoms with van der Waals surface area (Å²) in [4.78, 5) is 27.6. The maximum Gasteiger partial charge on any atom is 0.348 e. The number of fused-ring (bicyclic) bond motifs is 1. The van der Waals surface area contributed by atoms with Crippen molar-refractivity contribution in [2.75, 3.05) is 24.4 Å². The highest BCUT2D eigenvalue weighted by Crippen LogP contribution is 2.44. The minimum atomic E-state index is -0.790. The lowest BCUT2D eigenvalue weighted by molar-refractivity contribution is -0.121. The lowest BCUT2D eigenvalue weighted by Gasteiger charge is -2.39. The first-order valence-corrected chi connectivity index (χ1v) is 10.9. The van der Waals surface area contributed by atoms with Crippen LogP contribution in [0.1, 0.15) is 29.1 Å². The molecular formula is C24H23FN2O4S. The molecular weight excluding hydrogens is 431 g/mol. The van der Waals surface area contributed by atoms with Gasteiger partial charge in [0.2, 0.25) is 0 Å². The third-order valence-corrected chi connectivity index (χ3v) is 6.28. The Morgan fingerprint density at radius 2 is 1.94 bits per heavy atom. The van der Waals surface area contributed by atoms with Crippen molar-refractivity contribution in [2.24, 2.45) is 0 Å². The molecule has 0 radical (unpaired) electrons. The van der Waals surface area contributed by atoms with Crippen LogP contribution in [0.5, 0.6) is 5.75 Å². The molecule has 32 heavy (non-hydrogen) atoms. The number of nitrogens with one attached hydrogen (secondary N) is 1. The van der Waals surface area contributed by atoms with E-state index in [9.17, 15) is 14.0 Å². The van der Waals surface area contributed by atoms with E-state index in [-0.39, 0.29) is 12.5 Å². The molecule has 0 saturated carbocycles. The monoisotopic (exact) mass is 454 g/mol. The van der Waals surface area contributed by atoms with Crippen LogP contribution in [0.3, 0.4) is 0 Å². The molecule has 0 unspecified atom stereocenters. The van der Waals surface area contributed by atoms with Gasteiger partial charge in [0.05, 0.1) is 18.5 Å². The Morgan fingerprint density at radius 1 is 1.19 bits per heavy atom. The number of carbonyl (C=O) groups is 2. The Hall–Kier alpha value is -3.39. The van der Waals surface area contributed by atoms with Gasteiger partial charge in [0, 0.05) is 24.2 Å². The van der Waals surface area contributed by atoms with Gasteiger partial charge in [0.25, 0.3) is 5.91 Å². The van der Waals surface area contributed by atoms with Gasteiger partial charge in [-0.05, 0) is 49.1 Å². The molecule has 0 saturated heterocycles. The molecule has 0 fully saturated rings. The molecule has 0 aliphatic carbocycles. The Labute approximate surface area is 189 Å². The van der Waals surface area contributed by atoms with Gasteiger partial charge >= 0.3 is 5.97 Å². The van der Waals surface area contributed by atoms with Gasteiger partial charge in [-0.3, -0.25) is 4.79 Å². The maximum absolute atomic E-state index is 13.8. The number of hydrogen-bond acceptors (Lipinski definition) is 6. The highest BCUT2D eigenvalue weighted by atomic mass is 32.1. The molecule has 1 aliphatic heterocycles. The summed E-state index contributed by atoms with van der Waals surface area (Å²) in [6.07, 6.45) is 0. The van der Waals surface area contributed by atoms with E-state index in [0.717, 1.165) is 5.69 Å². The van der Waals surface area contributed by atoms with E-state index in [2.05, 4.69) is 5.32 Å². The topological polar surface area (TPSA) is 67.9 Å². The smallest absolute Gasteiger partial charge is 0.348 e. The number of benzene rings is 2. The van der Waals surface area contributed by atoms with E-state index in [4.69, 9.17) is 9.47 Å². The normalized spacial score (nSPS) is 14.5. The van der Waals surface area contributed by atoms with Crippen LogP contribution in [0.4, 0.5) is 15.8 Å². The van der Waals surface area contributed by atoms with Crippen LogP contribution in [0.15, 0.2) is 47.8 Å². The molecule has 6 nitrogen and oxygen atoms in total. The number of methoxy groups -OCH3 is 1. The van der Waals surface area contributed by atoms with Gasteiger partial charge < -0.3 is 19.7 Å². The molecule has 0 bridgehead atoms. The predicted octanol–water partition coefficient (Wildman–Crippen LogP) is 5.09. The molecule has 2 aromatic carbocycles. The van der Waals surface area contributed by atoms with Gasteiger partial charge in [0.1, 0.15) is 28.6 Å². The summed E-state index contributed by atoms with van der Waals surface area (Å²) < 4.78 is 24.8. The van der Waals surface area contributed by atoms with Gasteiger partial charge in [-0.15, -0.1) is 11.3 Å². The Bertz CT molecular complexity index is 1190. The summed E-state index contributed by atoms with van der Waals surface area (Å²) >= 11 is 1.29. The molecule has 8 heteroatoms.